The Labute approximate surface area is 194 Å². The molecule has 1 amide bonds. The van der Waals surface area contributed by atoms with E-state index in [1.54, 1.807) is 12.4 Å². The predicted octanol–water partition coefficient (Wildman–Crippen LogP) is 1.29. The quantitative estimate of drug-likeness (QED) is 0.730. The molecule has 2 fully saturated rings. The molecule has 33 heavy (non-hydrogen) atoms. The number of rotatable bonds is 2. The Morgan fingerprint density at radius 1 is 0.970 bits per heavy atom. The summed E-state index contributed by atoms with van der Waals surface area (Å²) in [7, 11) is 0. The summed E-state index contributed by atoms with van der Waals surface area (Å²) in [6.45, 7) is 7.25. The van der Waals surface area contributed by atoms with Gasteiger partial charge in [-0.25, -0.2) is 9.97 Å². The minimum atomic E-state index is -0.0864. The molecule has 3 aliphatic heterocycles. The number of anilines is 2. The molecule has 9 heteroatoms. The lowest BCUT2D eigenvalue weighted by atomic mass is 10.1. The first-order chi connectivity index (χ1) is 16.3. The van der Waals surface area contributed by atoms with Gasteiger partial charge in [-0.2, -0.15) is 0 Å². The molecule has 1 aromatic heterocycles. The number of carbonyl (C=O) groups is 1. The van der Waals surface area contributed by atoms with Gasteiger partial charge in [0.05, 0.1) is 19.3 Å². The van der Waals surface area contributed by atoms with Crippen LogP contribution in [-0.2, 0) is 16.1 Å². The lowest BCUT2D eigenvalue weighted by Crippen LogP contribution is -2.47. The Bertz CT molecular complexity index is 935. The van der Waals surface area contributed by atoms with Gasteiger partial charge in [-0.05, 0) is 43.7 Å². The molecule has 4 heterocycles. The molecule has 3 aliphatic rings. The van der Waals surface area contributed by atoms with E-state index in [1.165, 1.54) is 5.69 Å². The summed E-state index contributed by atoms with van der Waals surface area (Å²) in [6, 6.07) is 8.20. The molecule has 2 saturated heterocycles. The van der Waals surface area contributed by atoms with E-state index in [2.05, 4.69) is 48.2 Å². The third-order valence-electron chi connectivity index (χ3n) is 6.59. The Morgan fingerprint density at radius 2 is 1.79 bits per heavy atom. The molecule has 5 rings (SSSR count). The zero-order valence-corrected chi connectivity index (χ0v) is 19.0. The average molecular weight is 453 g/mol. The van der Waals surface area contributed by atoms with Crippen LogP contribution in [0.4, 0.5) is 11.6 Å². The summed E-state index contributed by atoms with van der Waals surface area (Å²) in [6.07, 6.45) is 5.51. The highest BCUT2D eigenvalue weighted by Crippen LogP contribution is 2.30. The van der Waals surface area contributed by atoms with Crippen LogP contribution in [-0.4, -0.2) is 85.9 Å². The normalized spacial score (nSPS) is 22.8. The lowest BCUT2D eigenvalue weighted by molar-refractivity contribution is -0.125. The summed E-state index contributed by atoms with van der Waals surface area (Å²) in [5.41, 5.74) is 2.31. The Morgan fingerprint density at radius 3 is 2.64 bits per heavy atom. The van der Waals surface area contributed by atoms with E-state index in [0.29, 0.717) is 32.9 Å². The van der Waals surface area contributed by atoms with E-state index >= 15 is 0 Å². The van der Waals surface area contributed by atoms with Crippen molar-refractivity contribution >= 4 is 17.5 Å². The van der Waals surface area contributed by atoms with Gasteiger partial charge in [0.1, 0.15) is 12.4 Å². The molecule has 1 unspecified atom stereocenters. The first kappa shape index (κ1) is 21.9. The van der Waals surface area contributed by atoms with Gasteiger partial charge in [-0.15, -0.1) is 0 Å². The van der Waals surface area contributed by atoms with Crippen LogP contribution in [0.2, 0.25) is 0 Å². The molecule has 0 spiro atoms. The van der Waals surface area contributed by atoms with Gasteiger partial charge in [0.25, 0.3) is 0 Å². The number of amides is 1. The predicted molar refractivity (Wildman–Crippen MR) is 126 cm³/mol. The van der Waals surface area contributed by atoms with Crippen LogP contribution in [0, 0.1) is 0 Å². The Hall–Kier alpha value is -2.91. The van der Waals surface area contributed by atoms with E-state index in [-0.39, 0.29) is 11.9 Å². The molecular formula is C24H32N6O3. The van der Waals surface area contributed by atoms with Crippen LogP contribution in [0.3, 0.4) is 0 Å². The van der Waals surface area contributed by atoms with Crippen molar-refractivity contribution < 1.29 is 14.3 Å². The number of nitrogens with zero attached hydrogens (tertiary/aromatic N) is 5. The minimum Gasteiger partial charge on any atom is -0.491 e. The van der Waals surface area contributed by atoms with Crippen molar-refractivity contribution in [1.29, 1.82) is 0 Å². The van der Waals surface area contributed by atoms with Crippen molar-refractivity contribution in [2.45, 2.75) is 25.4 Å². The van der Waals surface area contributed by atoms with Crippen molar-refractivity contribution in [2.75, 3.05) is 68.9 Å². The van der Waals surface area contributed by atoms with Crippen LogP contribution in [0.1, 0.15) is 18.4 Å². The fourth-order valence-electron chi connectivity index (χ4n) is 4.85. The Balaban J connectivity index is 1.32. The molecule has 2 aromatic rings. The van der Waals surface area contributed by atoms with Gasteiger partial charge in [-0.3, -0.25) is 9.69 Å². The largest absolute Gasteiger partial charge is 0.491 e. The zero-order chi connectivity index (χ0) is 22.5. The second kappa shape index (κ2) is 10.4. The molecule has 0 saturated carbocycles. The molecular weight excluding hydrogens is 420 g/mol. The number of carbonyl (C=O) groups excluding carboxylic acids is 1. The second-order valence-corrected chi connectivity index (χ2v) is 8.70. The third kappa shape index (κ3) is 5.20. The van der Waals surface area contributed by atoms with Crippen molar-refractivity contribution in [2.24, 2.45) is 0 Å². The van der Waals surface area contributed by atoms with E-state index < -0.39 is 0 Å². The smallest absolute Gasteiger partial charge is 0.237 e. The summed E-state index contributed by atoms with van der Waals surface area (Å²) in [5, 5.41) is 3.03. The number of piperazine rings is 1. The first-order valence-electron chi connectivity index (χ1n) is 11.9. The van der Waals surface area contributed by atoms with Crippen LogP contribution in [0.5, 0.6) is 5.75 Å². The molecule has 0 aliphatic carbocycles. The number of aromatic nitrogens is 2. The summed E-state index contributed by atoms with van der Waals surface area (Å²) in [5.74, 6) is 1.77. The summed E-state index contributed by atoms with van der Waals surface area (Å²) < 4.78 is 11.7. The van der Waals surface area contributed by atoms with Crippen LogP contribution in [0.25, 0.3) is 0 Å². The molecule has 176 valence electrons. The lowest BCUT2D eigenvalue weighted by Gasteiger charge is -2.36. The van der Waals surface area contributed by atoms with Crippen molar-refractivity contribution in [3.63, 3.8) is 0 Å². The van der Waals surface area contributed by atoms with Crippen molar-refractivity contribution in [3.05, 3.63) is 42.2 Å². The maximum absolute atomic E-state index is 12.7. The monoisotopic (exact) mass is 452 g/mol. The van der Waals surface area contributed by atoms with Gasteiger partial charge in [-0.1, -0.05) is 0 Å². The molecule has 9 nitrogen and oxygen atoms in total. The summed E-state index contributed by atoms with van der Waals surface area (Å²) >= 11 is 0. The average Bonchev–Trinajstić information content (AvgIpc) is 3.32. The molecule has 1 aromatic carbocycles. The van der Waals surface area contributed by atoms with E-state index in [1.807, 2.05) is 6.07 Å². The van der Waals surface area contributed by atoms with Gasteiger partial charge in [0, 0.05) is 62.9 Å². The van der Waals surface area contributed by atoms with Gasteiger partial charge in [0.15, 0.2) is 0 Å². The number of hydrogen-bond acceptors (Lipinski definition) is 8. The molecule has 1 N–H and O–H groups in total. The van der Waals surface area contributed by atoms with Gasteiger partial charge < -0.3 is 24.6 Å². The highest BCUT2D eigenvalue weighted by atomic mass is 16.5. The SMILES string of the molecule is O=C1NCCOCCOc2ccc(N3CCN(c4ncccn4)CC3)cc2CN2CCCC12. The van der Waals surface area contributed by atoms with Gasteiger partial charge >= 0.3 is 0 Å². The topological polar surface area (TPSA) is 83.1 Å². The fourth-order valence-corrected chi connectivity index (χ4v) is 4.85. The highest BCUT2D eigenvalue weighted by molar-refractivity contribution is 5.82. The number of nitrogens with one attached hydrogen (secondary N) is 1. The molecule has 0 radical (unpaired) electrons. The number of ether oxygens (including phenoxy) is 2. The molecule has 1 atom stereocenters. The van der Waals surface area contributed by atoms with Crippen LogP contribution >= 0.6 is 0 Å². The highest BCUT2D eigenvalue weighted by Gasteiger charge is 2.31. The third-order valence-corrected chi connectivity index (χ3v) is 6.59. The maximum atomic E-state index is 12.7. The van der Waals surface area contributed by atoms with Gasteiger partial charge in [0.2, 0.25) is 11.9 Å². The first-order valence-corrected chi connectivity index (χ1v) is 11.9. The number of hydrogen-bond donors (Lipinski definition) is 1. The summed E-state index contributed by atoms with van der Waals surface area (Å²) in [4.78, 5) is 28.4. The molecule has 0 bridgehead atoms. The van der Waals surface area contributed by atoms with E-state index in [4.69, 9.17) is 9.47 Å². The Kier molecular flexibility index (Phi) is 6.87. The van der Waals surface area contributed by atoms with Crippen molar-refractivity contribution in [3.8, 4) is 5.75 Å². The van der Waals surface area contributed by atoms with E-state index in [9.17, 15) is 4.79 Å². The number of benzene rings is 1. The van der Waals surface area contributed by atoms with Crippen molar-refractivity contribution in [1.82, 2.24) is 20.2 Å². The van der Waals surface area contributed by atoms with Crippen LogP contribution < -0.4 is 19.9 Å². The fraction of sp³-hybridized carbons (Fsp3) is 0.542. The van der Waals surface area contributed by atoms with E-state index in [0.717, 1.165) is 62.8 Å². The minimum absolute atomic E-state index is 0.0864. The van der Waals surface area contributed by atoms with Crippen LogP contribution in [0.15, 0.2) is 36.7 Å². The zero-order valence-electron chi connectivity index (χ0n) is 19.0. The second-order valence-electron chi connectivity index (χ2n) is 8.70. The number of fused-ring (bicyclic) bond motifs is 2. The standard InChI is InChI=1S/C24H32N6O3/c31-23-21-3-1-9-30(21)18-19-17-20(4-5-22(19)33-16-15-32-14-8-25-23)28-10-12-29(13-11-28)24-26-6-2-7-27-24/h2,4-7,17,21H,1,3,8-16,18H2,(H,25,31). The maximum Gasteiger partial charge on any atom is 0.237 e.